The lowest BCUT2D eigenvalue weighted by atomic mass is 9.91. The second-order valence-electron chi connectivity index (χ2n) is 4.88. The van der Waals surface area contributed by atoms with Crippen molar-refractivity contribution in [2.45, 2.75) is 38.1 Å². The molecule has 0 aromatic heterocycles. The zero-order valence-corrected chi connectivity index (χ0v) is 10.8. The number of benzene rings is 1. The quantitative estimate of drug-likeness (QED) is 0.877. The van der Waals surface area contributed by atoms with Gasteiger partial charge in [0.15, 0.2) is 0 Å². The Morgan fingerprint density at radius 2 is 2.00 bits per heavy atom. The molecule has 3 heteroatoms. The van der Waals surface area contributed by atoms with E-state index < -0.39 is 0 Å². The van der Waals surface area contributed by atoms with E-state index in [0.717, 1.165) is 24.2 Å². The lowest BCUT2D eigenvalue weighted by Crippen LogP contribution is -2.21. The van der Waals surface area contributed by atoms with Crippen LogP contribution in [0.4, 0.5) is 0 Å². The summed E-state index contributed by atoms with van der Waals surface area (Å²) < 4.78 is 5.41. The Kier molecular flexibility index (Phi) is 2.89. The van der Waals surface area contributed by atoms with E-state index in [-0.39, 0.29) is 5.54 Å². The van der Waals surface area contributed by atoms with E-state index >= 15 is 0 Å². The SMILES string of the molecule is COc1cc(Cl)cc(C2(N)CC2)c1C(C)C. The first kappa shape index (κ1) is 11.7. The Bertz CT molecular complexity index is 411. The van der Waals surface area contributed by atoms with E-state index in [4.69, 9.17) is 22.1 Å². The summed E-state index contributed by atoms with van der Waals surface area (Å²) in [5, 5.41) is 0.702. The van der Waals surface area contributed by atoms with Gasteiger partial charge in [0.2, 0.25) is 0 Å². The molecule has 2 nitrogen and oxygen atoms in total. The molecular weight excluding hydrogens is 222 g/mol. The van der Waals surface area contributed by atoms with Crippen LogP contribution in [-0.2, 0) is 5.54 Å². The average molecular weight is 240 g/mol. The Morgan fingerprint density at radius 3 is 2.44 bits per heavy atom. The van der Waals surface area contributed by atoms with Crippen molar-refractivity contribution in [1.29, 1.82) is 0 Å². The molecule has 2 rings (SSSR count). The fraction of sp³-hybridized carbons (Fsp3) is 0.538. The number of hydrogen-bond donors (Lipinski definition) is 1. The summed E-state index contributed by atoms with van der Waals surface area (Å²) in [5.41, 5.74) is 8.48. The summed E-state index contributed by atoms with van der Waals surface area (Å²) in [7, 11) is 1.68. The second-order valence-corrected chi connectivity index (χ2v) is 5.32. The number of ether oxygens (including phenoxy) is 1. The highest BCUT2D eigenvalue weighted by molar-refractivity contribution is 6.30. The monoisotopic (exact) mass is 239 g/mol. The van der Waals surface area contributed by atoms with Gasteiger partial charge < -0.3 is 10.5 Å². The van der Waals surface area contributed by atoms with E-state index in [9.17, 15) is 0 Å². The van der Waals surface area contributed by atoms with Crippen LogP contribution in [0.3, 0.4) is 0 Å². The van der Waals surface area contributed by atoms with Crippen molar-refractivity contribution in [3.8, 4) is 5.75 Å². The minimum absolute atomic E-state index is 0.169. The first-order valence-corrected chi connectivity index (χ1v) is 6.02. The van der Waals surface area contributed by atoms with Crippen molar-refractivity contribution in [1.82, 2.24) is 0 Å². The van der Waals surface area contributed by atoms with Crippen LogP contribution in [0, 0.1) is 0 Å². The van der Waals surface area contributed by atoms with Gasteiger partial charge in [0.1, 0.15) is 5.75 Å². The summed E-state index contributed by atoms with van der Waals surface area (Å²) >= 11 is 6.10. The smallest absolute Gasteiger partial charge is 0.124 e. The largest absolute Gasteiger partial charge is 0.496 e. The molecule has 0 amide bonds. The highest BCUT2D eigenvalue weighted by Gasteiger charge is 2.42. The fourth-order valence-electron chi connectivity index (χ4n) is 2.17. The molecule has 0 saturated heterocycles. The van der Waals surface area contributed by atoms with Crippen LogP contribution in [0.1, 0.15) is 43.7 Å². The minimum atomic E-state index is -0.169. The molecule has 2 N–H and O–H groups in total. The second kappa shape index (κ2) is 3.94. The third-order valence-electron chi connectivity index (χ3n) is 3.23. The highest BCUT2D eigenvalue weighted by Crippen LogP contribution is 2.48. The predicted octanol–water partition coefficient (Wildman–Crippen LogP) is 3.42. The topological polar surface area (TPSA) is 35.2 Å². The standard InChI is InChI=1S/C13H18ClNO/c1-8(2)12-10(13(15)4-5-13)6-9(14)7-11(12)16-3/h6-8H,4-5,15H2,1-3H3. The molecule has 0 bridgehead atoms. The van der Waals surface area contributed by atoms with Gasteiger partial charge in [-0.15, -0.1) is 0 Å². The normalized spacial score (nSPS) is 17.6. The molecular formula is C13H18ClNO. The molecule has 16 heavy (non-hydrogen) atoms. The zero-order valence-electron chi connectivity index (χ0n) is 10.0. The van der Waals surface area contributed by atoms with Crippen LogP contribution >= 0.6 is 11.6 Å². The van der Waals surface area contributed by atoms with Gasteiger partial charge in [0.05, 0.1) is 7.11 Å². The Morgan fingerprint density at radius 1 is 1.38 bits per heavy atom. The van der Waals surface area contributed by atoms with Crippen molar-refractivity contribution >= 4 is 11.6 Å². The summed E-state index contributed by atoms with van der Waals surface area (Å²) in [6.45, 7) is 4.31. The lowest BCUT2D eigenvalue weighted by Gasteiger charge is -2.21. The van der Waals surface area contributed by atoms with Crippen LogP contribution in [0.25, 0.3) is 0 Å². The molecule has 1 fully saturated rings. The van der Waals surface area contributed by atoms with Crippen LogP contribution in [0.2, 0.25) is 5.02 Å². The third kappa shape index (κ3) is 1.92. The number of methoxy groups -OCH3 is 1. The maximum atomic E-state index is 6.28. The molecule has 1 aromatic rings. The molecule has 88 valence electrons. The molecule has 0 aliphatic heterocycles. The average Bonchev–Trinajstić information content (AvgIpc) is 2.96. The van der Waals surface area contributed by atoms with Gasteiger partial charge in [-0.25, -0.2) is 0 Å². The Labute approximate surface area is 102 Å². The van der Waals surface area contributed by atoms with Crippen molar-refractivity contribution in [2.75, 3.05) is 7.11 Å². The molecule has 1 aliphatic rings. The van der Waals surface area contributed by atoms with Crippen molar-refractivity contribution < 1.29 is 4.74 Å². The maximum absolute atomic E-state index is 6.28. The Balaban J connectivity index is 2.60. The van der Waals surface area contributed by atoms with E-state index in [2.05, 4.69) is 13.8 Å². The summed E-state index contributed by atoms with van der Waals surface area (Å²) in [4.78, 5) is 0. The van der Waals surface area contributed by atoms with Gasteiger partial charge in [0.25, 0.3) is 0 Å². The number of halogens is 1. The first-order chi connectivity index (χ1) is 7.48. The molecule has 0 spiro atoms. The van der Waals surface area contributed by atoms with Crippen LogP contribution in [0.5, 0.6) is 5.75 Å². The number of hydrogen-bond acceptors (Lipinski definition) is 2. The van der Waals surface area contributed by atoms with Crippen molar-refractivity contribution in [3.05, 3.63) is 28.3 Å². The van der Waals surface area contributed by atoms with E-state index in [1.165, 1.54) is 5.56 Å². The minimum Gasteiger partial charge on any atom is -0.496 e. The van der Waals surface area contributed by atoms with E-state index in [1.54, 1.807) is 7.11 Å². The molecule has 0 heterocycles. The number of nitrogens with two attached hydrogens (primary N) is 1. The number of rotatable bonds is 3. The van der Waals surface area contributed by atoms with Gasteiger partial charge in [0, 0.05) is 16.1 Å². The summed E-state index contributed by atoms with van der Waals surface area (Å²) in [5.74, 6) is 1.25. The van der Waals surface area contributed by atoms with E-state index in [0.29, 0.717) is 10.9 Å². The van der Waals surface area contributed by atoms with Crippen LogP contribution in [0.15, 0.2) is 12.1 Å². The predicted molar refractivity (Wildman–Crippen MR) is 67.2 cm³/mol. The van der Waals surface area contributed by atoms with Gasteiger partial charge in [-0.3, -0.25) is 0 Å². The summed E-state index contributed by atoms with van der Waals surface area (Å²) in [6.07, 6.45) is 2.08. The van der Waals surface area contributed by atoms with Crippen LogP contribution < -0.4 is 10.5 Å². The van der Waals surface area contributed by atoms with Gasteiger partial charge in [-0.05, 0) is 36.5 Å². The third-order valence-corrected chi connectivity index (χ3v) is 3.45. The lowest BCUT2D eigenvalue weighted by molar-refractivity contribution is 0.405. The summed E-state index contributed by atoms with van der Waals surface area (Å²) in [6, 6.07) is 3.86. The van der Waals surface area contributed by atoms with Crippen LogP contribution in [-0.4, -0.2) is 7.11 Å². The molecule has 1 saturated carbocycles. The molecule has 1 aliphatic carbocycles. The zero-order chi connectivity index (χ0) is 11.9. The fourth-order valence-corrected chi connectivity index (χ4v) is 2.38. The Hall–Kier alpha value is -0.730. The van der Waals surface area contributed by atoms with Crippen molar-refractivity contribution in [3.63, 3.8) is 0 Å². The maximum Gasteiger partial charge on any atom is 0.124 e. The highest BCUT2D eigenvalue weighted by atomic mass is 35.5. The van der Waals surface area contributed by atoms with E-state index in [1.807, 2.05) is 12.1 Å². The first-order valence-electron chi connectivity index (χ1n) is 5.65. The van der Waals surface area contributed by atoms with Gasteiger partial charge >= 0.3 is 0 Å². The van der Waals surface area contributed by atoms with Gasteiger partial charge in [-0.1, -0.05) is 25.4 Å². The molecule has 0 atom stereocenters. The molecule has 0 unspecified atom stereocenters. The molecule has 0 radical (unpaired) electrons. The van der Waals surface area contributed by atoms with Crippen molar-refractivity contribution in [2.24, 2.45) is 5.73 Å². The molecule has 1 aromatic carbocycles. The van der Waals surface area contributed by atoms with Gasteiger partial charge in [-0.2, -0.15) is 0 Å².